The smallest absolute Gasteiger partial charge is 0.414 e. The molecule has 8 nitrogen and oxygen atoms in total. The van der Waals surface area contributed by atoms with Crippen LogP contribution in [0.25, 0.3) is 17.4 Å². The van der Waals surface area contributed by atoms with Crippen molar-refractivity contribution in [3.63, 3.8) is 0 Å². The highest BCUT2D eigenvalue weighted by atomic mass is 79.9. The second kappa shape index (κ2) is 8.57. The third-order valence-electron chi connectivity index (χ3n) is 4.66. The number of ether oxygens (including phenoxy) is 1. The van der Waals surface area contributed by atoms with Gasteiger partial charge in [0.25, 0.3) is 5.69 Å². The minimum atomic E-state index is -0.474. The predicted molar refractivity (Wildman–Crippen MR) is 117 cm³/mol. The first kappa shape index (κ1) is 20.5. The van der Waals surface area contributed by atoms with Gasteiger partial charge >= 0.3 is 6.09 Å². The molecule has 3 aromatic rings. The monoisotopic (exact) mass is 482 g/mol. The van der Waals surface area contributed by atoms with Gasteiger partial charge in [-0.15, -0.1) is 0 Å². The van der Waals surface area contributed by atoms with E-state index in [9.17, 15) is 19.7 Å². The second-order valence-electron chi connectivity index (χ2n) is 6.64. The molecule has 0 aliphatic carbocycles. The lowest BCUT2D eigenvalue weighted by Crippen LogP contribution is -2.23. The normalized spacial score (nSPS) is 13.6. The number of rotatable bonds is 6. The van der Waals surface area contributed by atoms with Crippen LogP contribution in [0.15, 0.2) is 69.6 Å². The Morgan fingerprint density at radius 2 is 2.00 bits per heavy atom. The number of ketones is 1. The zero-order valence-electron chi connectivity index (χ0n) is 16.0. The summed E-state index contributed by atoms with van der Waals surface area (Å²) in [6.07, 6.45) is 2.50. The SMILES string of the molecule is O=C(C=Cc1ccc(-c2ccc([N+](=O)[O-])cc2Br)o1)c1cccc(N2CCOC2=O)c1. The maximum absolute atomic E-state index is 12.6. The lowest BCUT2D eigenvalue weighted by Gasteiger charge is -2.13. The average Bonchev–Trinajstić information content (AvgIpc) is 3.41. The van der Waals surface area contributed by atoms with Gasteiger partial charge in [-0.25, -0.2) is 4.79 Å². The molecular formula is C22H15BrN2O6. The van der Waals surface area contributed by atoms with Crippen LogP contribution in [0.5, 0.6) is 0 Å². The Labute approximate surface area is 185 Å². The van der Waals surface area contributed by atoms with Gasteiger partial charge < -0.3 is 9.15 Å². The van der Waals surface area contributed by atoms with E-state index in [1.54, 1.807) is 48.5 Å². The number of nitro benzene ring substituents is 1. The first-order valence-corrected chi connectivity index (χ1v) is 10.0. The maximum Gasteiger partial charge on any atom is 0.414 e. The third-order valence-corrected chi connectivity index (χ3v) is 5.31. The summed E-state index contributed by atoms with van der Waals surface area (Å²) in [6.45, 7) is 0.766. The summed E-state index contributed by atoms with van der Waals surface area (Å²) in [4.78, 5) is 36.2. The fourth-order valence-electron chi connectivity index (χ4n) is 3.11. The van der Waals surface area contributed by atoms with Crippen molar-refractivity contribution in [3.8, 4) is 11.3 Å². The van der Waals surface area contributed by atoms with Crippen LogP contribution >= 0.6 is 15.9 Å². The highest BCUT2D eigenvalue weighted by molar-refractivity contribution is 9.10. The van der Waals surface area contributed by atoms with Crippen molar-refractivity contribution in [2.75, 3.05) is 18.1 Å². The molecule has 2 aromatic carbocycles. The van der Waals surface area contributed by atoms with Crippen LogP contribution in [0.4, 0.5) is 16.2 Å². The molecule has 4 rings (SSSR count). The Morgan fingerprint density at radius 3 is 2.71 bits per heavy atom. The van der Waals surface area contributed by atoms with Gasteiger partial charge in [0.1, 0.15) is 18.1 Å². The van der Waals surface area contributed by atoms with E-state index in [1.807, 2.05) is 0 Å². The number of nitro groups is 1. The highest BCUT2D eigenvalue weighted by Gasteiger charge is 2.23. The molecule has 0 N–H and O–H groups in total. The first-order chi connectivity index (χ1) is 14.9. The number of cyclic esters (lactones) is 1. The summed E-state index contributed by atoms with van der Waals surface area (Å²) in [5.41, 5.74) is 1.66. The number of nitrogens with zero attached hydrogens (tertiary/aromatic N) is 2. The van der Waals surface area contributed by atoms with E-state index in [4.69, 9.17) is 9.15 Å². The van der Waals surface area contributed by atoms with E-state index < -0.39 is 11.0 Å². The van der Waals surface area contributed by atoms with Gasteiger partial charge in [0, 0.05) is 33.4 Å². The molecule has 31 heavy (non-hydrogen) atoms. The van der Waals surface area contributed by atoms with Gasteiger partial charge in [-0.2, -0.15) is 0 Å². The topological polar surface area (TPSA) is 103 Å². The minimum Gasteiger partial charge on any atom is -0.457 e. The average molecular weight is 483 g/mol. The maximum atomic E-state index is 12.6. The summed E-state index contributed by atoms with van der Waals surface area (Å²) < 4.78 is 11.2. The minimum absolute atomic E-state index is 0.0303. The molecule has 156 valence electrons. The van der Waals surface area contributed by atoms with Gasteiger partial charge in [-0.05, 0) is 58.4 Å². The largest absolute Gasteiger partial charge is 0.457 e. The molecule has 1 aromatic heterocycles. The van der Waals surface area contributed by atoms with Crippen LogP contribution in [0.2, 0.25) is 0 Å². The van der Waals surface area contributed by atoms with Crippen molar-refractivity contribution in [3.05, 3.63) is 86.6 Å². The summed E-state index contributed by atoms with van der Waals surface area (Å²) in [5, 5.41) is 10.9. The molecule has 9 heteroatoms. The van der Waals surface area contributed by atoms with Crippen LogP contribution in [0, 0.1) is 10.1 Å². The number of furan rings is 1. The van der Waals surface area contributed by atoms with Crippen molar-refractivity contribution in [1.82, 2.24) is 0 Å². The van der Waals surface area contributed by atoms with Gasteiger partial charge in [-0.3, -0.25) is 19.8 Å². The van der Waals surface area contributed by atoms with Gasteiger partial charge in [0.2, 0.25) is 0 Å². The van der Waals surface area contributed by atoms with Crippen molar-refractivity contribution in [2.45, 2.75) is 0 Å². The van der Waals surface area contributed by atoms with Crippen LogP contribution in [0.3, 0.4) is 0 Å². The van der Waals surface area contributed by atoms with E-state index in [0.29, 0.717) is 46.0 Å². The zero-order valence-corrected chi connectivity index (χ0v) is 17.6. The predicted octanol–water partition coefficient (Wildman–Crippen LogP) is 5.47. The van der Waals surface area contributed by atoms with Gasteiger partial charge in [0.15, 0.2) is 5.78 Å². The molecule has 0 saturated carbocycles. The quantitative estimate of drug-likeness (QED) is 0.199. The molecule has 0 spiro atoms. The highest BCUT2D eigenvalue weighted by Crippen LogP contribution is 2.32. The van der Waals surface area contributed by atoms with Gasteiger partial charge in [0.05, 0.1) is 11.5 Å². The summed E-state index contributed by atoms with van der Waals surface area (Å²) >= 11 is 3.32. The Bertz CT molecular complexity index is 1220. The van der Waals surface area contributed by atoms with E-state index in [1.165, 1.54) is 23.1 Å². The molecule has 1 aliphatic heterocycles. The van der Waals surface area contributed by atoms with Crippen molar-refractivity contribution in [1.29, 1.82) is 0 Å². The number of amides is 1. The first-order valence-electron chi connectivity index (χ1n) is 9.23. The Kier molecular flexibility index (Phi) is 5.68. The van der Waals surface area contributed by atoms with Crippen LogP contribution < -0.4 is 4.90 Å². The molecule has 0 radical (unpaired) electrons. The molecule has 1 amide bonds. The number of hydrogen-bond donors (Lipinski definition) is 0. The Hall–Kier alpha value is -3.72. The number of anilines is 1. The van der Waals surface area contributed by atoms with E-state index in [2.05, 4.69) is 15.9 Å². The van der Waals surface area contributed by atoms with E-state index in [-0.39, 0.29) is 11.5 Å². The van der Waals surface area contributed by atoms with Crippen molar-refractivity contribution < 1.29 is 23.7 Å². The van der Waals surface area contributed by atoms with Crippen LogP contribution in [-0.2, 0) is 4.74 Å². The lowest BCUT2D eigenvalue weighted by molar-refractivity contribution is -0.384. The molecule has 2 heterocycles. The number of carbonyl (C=O) groups is 2. The Balaban J connectivity index is 1.50. The fraction of sp³-hybridized carbons (Fsp3) is 0.0909. The standard InChI is InChI=1S/C22H15BrN2O6/c23-19-13-16(25(28)29)4-7-18(19)21-9-6-17(31-21)5-8-20(26)14-2-1-3-15(12-14)24-10-11-30-22(24)27/h1-9,12-13H,10-11H2. The number of allylic oxidation sites excluding steroid dienone is 1. The molecule has 1 saturated heterocycles. The van der Waals surface area contributed by atoms with Crippen molar-refractivity contribution in [2.24, 2.45) is 0 Å². The Morgan fingerprint density at radius 1 is 1.16 bits per heavy atom. The van der Waals surface area contributed by atoms with Crippen molar-refractivity contribution >= 4 is 45.3 Å². The molecular weight excluding hydrogens is 468 g/mol. The lowest BCUT2D eigenvalue weighted by atomic mass is 10.1. The molecule has 1 aliphatic rings. The van der Waals surface area contributed by atoms with Crippen LogP contribution in [0.1, 0.15) is 16.1 Å². The second-order valence-corrected chi connectivity index (χ2v) is 7.49. The van der Waals surface area contributed by atoms with E-state index >= 15 is 0 Å². The number of benzene rings is 2. The fourth-order valence-corrected chi connectivity index (χ4v) is 3.68. The third kappa shape index (κ3) is 4.41. The summed E-state index contributed by atoms with van der Waals surface area (Å²) in [7, 11) is 0. The molecule has 1 fully saturated rings. The molecule has 0 bridgehead atoms. The van der Waals surface area contributed by atoms with Crippen LogP contribution in [-0.4, -0.2) is 30.0 Å². The number of non-ortho nitro benzene ring substituents is 1. The van der Waals surface area contributed by atoms with E-state index in [0.717, 1.165) is 0 Å². The summed E-state index contributed by atoms with van der Waals surface area (Å²) in [6, 6.07) is 14.6. The molecule has 0 unspecified atom stereocenters. The zero-order chi connectivity index (χ0) is 22.0. The number of carbonyl (C=O) groups excluding carboxylic acids is 2. The summed E-state index contributed by atoms with van der Waals surface area (Å²) in [5.74, 6) is 0.708. The van der Waals surface area contributed by atoms with Gasteiger partial charge in [-0.1, -0.05) is 12.1 Å². The number of halogens is 1. The molecule has 0 atom stereocenters. The number of hydrogen-bond acceptors (Lipinski definition) is 6.